The number of carbonyl (C=O) groups is 4. The van der Waals surface area contributed by atoms with Crippen molar-refractivity contribution in [1.82, 2.24) is 38.7 Å². The molecule has 5 heterocycles. The molecule has 0 unspecified atom stereocenters. The molecule has 6 rings (SSSR count). The number of rotatable bonds is 23. The number of hydrogen-bond acceptors (Lipinski definition) is 13. The van der Waals surface area contributed by atoms with Crippen LogP contribution in [-0.2, 0) is 41.8 Å². The molecule has 0 saturated heterocycles. The summed E-state index contributed by atoms with van der Waals surface area (Å²) in [6, 6.07) is 6.65. The fourth-order valence-electron chi connectivity index (χ4n) is 7.78. The molecular weight excluding hydrogens is 905 g/mol. The number of fused-ring (bicyclic) bond motifs is 2. The smallest absolute Gasteiger partial charge is 0.356 e. The lowest BCUT2D eigenvalue weighted by Crippen LogP contribution is -2.41. The first kappa shape index (κ1) is 51.2. The molecule has 0 aliphatic carbocycles. The Bertz CT molecular complexity index is 2880. The van der Waals surface area contributed by atoms with Crippen LogP contribution in [0.2, 0.25) is 18.1 Å². The highest BCUT2D eigenvalue weighted by Gasteiger charge is 2.37. The van der Waals surface area contributed by atoms with Gasteiger partial charge in [0.15, 0.2) is 18.8 Å². The van der Waals surface area contributed by atoms with Gasteiger partial charge < -0.3 is 40.2 Å². The molecule has 1 aromatic carbocycles. The van der Waals surface area contributed by atoms with Gasteiger partial charge in [-0.15, -0.1) is 0 Å². The van der Waals surface area contributed by atoms with Gasteiger partial charge in [-0.25, -0.2) is 14.8 Å². The van der Waals surface area contributed by atoms with Crippen molar-refractivity contribution in [2.45, 2.75) is 138 Å². The van der Waals surface area contributed by atoms with Crippen LogP contribution in [0.15, 0.2) is 35.5 Å². The summed E-state index contributed by atoms with van der Waals surface area (Å²) in [7, 11) is -1.93. The number of thiazole rings is 1. The van der Waals surface area contributed by atoms with E-state index in [2.05, 4.69) is 48.9 Å². The molecule has 0 fully saturated rings. The summed E-state index contributed by atoms with van der Waals surface area (Å²) in [6.45, 7) is 21.6. The predicted octanol–water partition coefficient (Wildman–Crippen LogP) is 6.86. The highest BCUT2D eigenvalue weighted by Crippen LogP contribution is 2.37. The van der Waals surface area contributed by atoms with Gasteiger partial charge in [-0.3, -0.25) is 23.7 Å². The molecule has 68 heavy (non-hydrogen) atoms. The normalized spacial score (nSPS) is 12.4. The summed E-state index contributed by atoms with van der Waals surface area (Å²) in [4.78, 5) is 65.6. The van der Waals surface area contributed by atoms with E-state index in [0.717, 1.165) is 36.2 Å². The molecule has 19 nitrogen and oxygen atoms in total. The molecule has 0 spiro atoms. The first-order valence-electron chi connectivity index (χ1n) is 23.3. The number of benzene rings is 1. The number of amides is 3. The summed E-state index contributed by atoms with van der Waals surface area (Å²) in [6.07, 6.45) is 6.29. The Morgan fingerprint density at radius 1 is 0.838 bits per heavy atom. The standard InChI is InChI=1S/C47H66N12O7SSi/c1-10-58-38(33(30(4)55-58)18-13-12-14-21-59-35(24-29(3)54-59)44(63)64-11-2)43(62)53-46-57(42-37(67-46)27-32(28-51-42)41(49)61)20-16-15-19-56-39-34(52-45(56)50)25-31(40(48)60)26-36(39)65-22-17-23-66-68(8,9)47(5,6)7/h24-28H,10-23H2,1-9H3,(H2,48,60)(H2,49,61)(H2,50,52). The second-order valence-corrected chi connectivity index (χ2v) is 24.2. The number of nitrogens with zero attached hydrogens (tertiary/aromatic N) is 9. The minimum atomic E-state index is -1.93. The van der Waals surface area contributed by atoms with Crippen molar-refractivity contribution in [2.75, 3.05) is 25.6 Å². The number of unbranched alkanes of at least 4 members (excludes halogenated alkanes) is 3. The molecule has 0 saturated carbocycles. The Labute approximate surface area is 401 Å². The molecule has 0 bridgehead atoms. The number of nitrogen functional groups attached to an aromatic ring is 1. The van der Waals surface area contributed by atoms with Crippen molar-refractivity contribution in [2.24, 2.45) is 16.5 Å². The number of nitrogens with two attached hydrogens (primary N) is 3. The number of pyridine rings is 1. The minimum absolute atomic E-state index is 0.0842. The molecule has 0 atom stereocenters. The number of ether oxygens (including phenoxy) is 2. The molecule has 0 aliphatic rings. The second-order valence-electron chi connectivity index (χ2n) is 18.4. The highest BCUT2D eigenvalue weighted by molar-refractivity contribution is 7.16. The number of carbonyl (C=O) groups excluding carboxylic acids is 4. The van der Waals surface area contributed by atoms with Gasteiger partial charge >= 0.3 is 5.97 Å². The Hall–Kier alpha value is -6.19. The van der Waals surface area contributed by atoms with Gasteiger partial charge in [-0.2, -0.15) is 15.2 Å². The Morgan fingerprint density at radius 2 is 1.54 bits per heavy atom. The Morgan fingerprint density at radius 3 is 2.22 bits per heavy atom. The van der Waals surface area contributed by atoms with Crippen molar-refractivity contribution in [3.8, 4) is 5.75 Å². The molecule has 21 heteroatoms. The van der Waals surface area contributed by atoms with Gasteiger partial charge in [0, 0.05) is 56.5 Å². The summed E-state index contributed by atoms with van der Waals surface area (Å²) in [5.74, 6) is -1.33. The molecule has 0 aliphatic heterocycles. The number of aromatic nitrogens is 8. The largest absolute Gasteiger partial charge is 0.491 e. The van der Waals surface area contributed by atoms with Gasteiger partial charge in [-0.05, 0) is 102 Å². The monoisotopic (exact) mass is 970 g/mol. The maximum absolute atomic E-state index is 14.3. The zero-order valence-corrected chi connectivity index (χ0v) is 42.6. The van der Waals surface area contributed by atoms with Crippen LogP contribution >= 0.6 is 11.3 Å². The molecular formula is C47H66N12O7SSi. The lowest BCUT2D eigenvalue weighted by Gasteiger charge is -2.36. The van der Waals surface area contributed by atoms with Crippen molar-refractivity contribution in [1.29, 1.82) is 0 Å². The van der Waals surface area contributed by atoms with Crippen LogP contribution in [0.5, 0.6) is 5.75 Å². The van der Waals surface area contributed by atoms with Gasteiger partial charge in [-0.1, -0.05) is 38.5 Å². The fourth-order valence-corrected chi connectivity index (χ4v) is 9.92. The maximum Gasteiger partial charge on any atom is 0.356 e. The summed E-state index contributed by atoms with van der Waals surface area (Å²) in [5, 5.41) is 9.28. The number of aryl methyl sites for hydroxylation is 6. The fraction of sp³-hybridized carbons (Fsp3) is 0.511. The van der Waals surface area contributed by atoms with E-state index in [1.807, 2.05) is 29.9 Å². The first-order chi connectivity index (χ1) is 32.2. The van der Waals surface area contributed by atoms with Crippen LogP contribution in [0.4, 0.5) is 5.95 Å². The van der Waals surface area contributed by atoms with Crippen molar-refractivity contribution >= 4 is 70.7 Å². The van der Waals surface area contributed by atoms with Crippen LogP contribution < -0.4 is 26.7 Å². The van der Waals surface area contributed by atoms with E-state index in [4.69, 9.17) is 41.2 Å². The third-order valence-corrected chi connectivity index (χ3v) is 17.9. The SMILES string of the molecule is CCOC(=O)c1cc(C)nn1CCCCCc1c(C)nn(CC)c1C(=O)N=c1sc2cc(C(N)=O)cnc2n1CCCCn1c(N)nc2cc(C(N)=O)cc(OCCCO[Si](C)(C)C(C)(C)C)c21. The van der Waals surface area contributed by atoms with Crippen molar-refractivity contribution in [3.63, 3.8) is 0 Å². The predicted molar refractivity (Wildman–Crippen MR) is 264 cm³/mol. The van der Waals surface area contributed by atoms with Crippen LogP contribution in [0.25, 0.3) is 21.4 Å². The van der Waals surface area contributed by atoms with Crippen molar-refractivity contribution < 1.29 is 33.1 Å². The average Bonchev–Trinajstić information content (AvgIpc) is 4.01. The molecule has 366 valence electrons. The Kier molecular flexibility index (Phi) is 16.4. The number of imidazole rings is 1. The van der Waals surface area contributed by atoms with Crippen LogP contribution in [0.3, 0.4) is 0 Å². The first-order valence-corrected chi connectivity index (χ1v) is 27.0. The molecule has 6 aromatic rings. The van der Waals surface area contributed by atoms with E-state index in [0.29, 0.717) is 108 Å². The molecule has 5 aromatic heterocycles. The van der Waals surface area contributed by atoms with E-state index < -0.39 is 32.0 Å². The number of hydrogen-bond donors (Lipinski definition) is 3. The second kappa shape index (κ2) is 21.8. The summed E-state index contributed by atoms with van der Waals surface area (Å²) >= 11 is 1.25. The number of esters is 1. The lowest BCUT2D eigenvalue weighted by molar-refractivity contribution is 0.0511. The van der Waals surface area contributed by atoms with E-state index >= 15 is 0 Å². The average molecular weight is 971 g/mol. The number of anilines is 1. The number of primary amides is 2. The summed E-state index contributed by atoms with van der Waals surface area (Å²) in [5.41, 5.74) is 23.3. The zero-order chi connectivity index (χ0) is 49.5. The van der Waals surface area contributed by atoms with E-state index in [1.54, 1.807) is 40.6 Å². The molecule has 0 radical (unpaired) electrons. The lowest BCUT2D eigenvalue weighted by atomic mass is 10.0. The van der Waals surface area contributed by atoms with E-state index in [1.165, 1.54) is 17.5 Å². The molecule has 3 amide bonds. The third kappa shape index (κ3) is 11.7. The quantitative estimate of drug-likeness (QED) is 0.0338. The highest BCUT2D eigenvalue weighted by atomic mass is 32.1. The van der Waals surface area contributed by atoms with Crippen molar-refractivity contribution in [3.05, 3.63) is 74.7 Å². The van der Waals surface area contributed by atoms with Gasteiger partial charge in [0.2, 0.25) is 17.8 Å². The van der Waals surface area contributed by atoms with Gasteiger partial charge in [0.25, 0.3) is 5.91 Å². The molecule has 6 N–H and O–H groups in total. The minimum Gasteiger partial charge on any atom is -0.491 e. The Balaban J connectivity index is 1.20. The third-order valence-electron chi connectivity index (χ3n) is 12.4. The van der Waals surface area contributed by atoms with Crippen LogP contribution in [0.1, 0.15) is 132 Å². The van der Waals surface area contributed by atoms with Crippen LogP contribution in [-0.4, -0.2) is 90.5 Å². The van der Waals surface area contributed by atoms with Crippen LogP contribution in [0, 0.1) is 13.8 Å². The van der Waals surface area contributed by atoms with E-state index in [-0.39, 0.29) is 28.7 Å². The van der Waals surface area contributed by atoms with Gasteiger partial charge in [0.1, 0.15) is 22.7 Å². The zero-order valence-electron chi connectivity index (χ0n) is 40.8. The maximum atomic E-state index is 14.3. The summed E-state index contributed by atoms with van der Waals surface area (Å²) < 4.78 is 25.6. The van der Waals surface area contributed by atoms with Gasteiger partial charge in [0.05, 0.1) is 40.4 Å². The topological polar surface area (TPSA) is 258 Å². The van der Waals surface area contributed by atoms with E-state index in [9.17, 15) is 19.2 Å².